The van der Waals surface area contributed by atoms with E-state index in [1.54, 1.807) is 0 Å². The summed E-state index contributed by atoms with van der Waals surface area (Å²) >= 11 is 0. The van der Waals surface area contributed by atoms with Crippen LogP contribution in [0.15, 0.2) is 0 Å². The first-order valence-corrected chi connectivity index (χ1v) is 23.3. The number of hydrogen-bond donors (Lipinski definition) is 4. The second-order valence-electron chi connectivity index (χ2n) is 16.3. The predicted octanol–water partition coefficient (Wildman–Crippen LogP) is 13.4. The molecule has 0 heterocycles. The Morgan fingerprint density at radius 3 is 0.941 bits per heavy atom. The zero-order valence-electron chi connectivity index (χ0n) is 34.8. The van der Waals surface area contributed by atoms with Crippen molar-refractivity contribution in [1.82, 2.24) is 5.32 Å². The zero-order chi connectivity index (χ0) is 37.3. The average Bonchev–Trinajstić information content (AvgIpc) is 3.13. The van der Waals surface area contributed by atoms with Gasteiger partial charge in [0.25, 0.3) is 0 Å². The lowest BCUT2D eigenvalue weighted by Crippen LogP contribution is -2.50. The van der Waals surface area contributed by atoms with Crippen molar-refractivity contribution in [2.45, 2.75) is 283 Å². The van der Waals surface area contributed by atoms with Crippen molar-refractivity contribution in [2.24, 2.45) is 0 Å². The summed E-state index contributed by atoms with van der Waals surface area (Å²) < 4.78 is 0. The van der Waals surface area contributed by atoms with Gasteiger partial charge in [0.05, 0.1) is 18.8 Å². The molecule has 0 aliphatic carbocycles. The molecule has 3 atom stereocenters. The molecule has 0 aliphatic heterocycles. The van der Waals surface area contributed by atoms with Gasteiger partial charge in [-0.2, -0.15) is 0 Å². The van der Waals surface area contributed by atoms with E-state index >= 15 is 0 Å². The minimum Gasteiger partial charge on any atom is -0.394 e. The number of aliphatic hydroxyl groups excluding tert-OH is 3. The van der Waals surface area contributed by atoms with Gasteiger partial charge in [-0.25, -0.2) is 0 Å². The van der Waals surface area contributed by atoms with E-state index in [4.69, 9.17) is 0 Å². The molecule has 0 radical (unpaired) electrons. The number of aliphatic hydroxyl groups is 3. The summed E-state index contributed by atoms with van der Waals surface area (Å²) in [5, 5.41) is 33.5. The van der Waals surface area contributed by atoms with E-state index in [0.29, 0.717) is 12.8 Å². The summed E-state index contributed by atoms with van der Waals surface area (Å²) in [6.07, 6.45) is 48.0. The van der Waals surface area contributed by atoms with Crippen LogP contribution in [0.2, 0.25) is 0 Å². The lowest BCUT2D eigenvalue weighted by Gasteiger charge is -2.26. The van der Waals surface area contributed by atoms with E-state index in [0.717, 1.165) is 38.5 Å². The molecule has 0 rings (SSSR count). The summed E-state index contributed by atoms with van der Waals surface area (Å²) in [6.45, 7) is 4.19. The Morgan fingerprint density at radius 2 is 0.667 bits per heavy atom. The van der Waals surface area contributed by atoms with E-state index in [9.17, 15) is 20.1 Å². The van der Waals surface area contributed by atoms with E-state index in [-0.39, 0.29) is 12.5 Å². The van der Waals surface area contributed by atoms with Gasteiger partial charge in [-0.15, -0.1) is 0 Å². The number of rotatable bonds is 43. The molecular formula is C46H93NO4. The molecule has 306 valence electrons. The molecule has 1 amide bonds. The minimum atomic E-state index is -1.13. The van der Waals surface area contributed by atoms with Crippen LogP contribution in [0, 0.1) is 0 Å². The molecule has 0 spiro atoms. The second-order valence-corrected chi connectivity index (χ2v) is 16.3. The molecule has 0 fully saturated rings. The summed E-state index contributed by atoms with van der Waals surface area (Å²) in [6, 6.07) is -0.802. The van der Waals surface area contributed by atoms with Crippen LogP contribution in [-0.2, 0) is 4.79 Å². The van der Waals surface area contributed by atoms with E-state index in [1.807, 2.05) is 0 Å². The monoisotopic (exact) mass is 724 g/mol. The van der Waals surface area contributed by atoms with Crippen molar-refractivity contribution < 1.29 is 20.1 Å². The molecule has 0 bridgehead atoms. The Labute approximate surface area is 319 Å². The van der Waals surface area contributed by atoms with Gasteiger partial charge in [-0.1, -0.05) is 245 Å². The fourth-order valence-corrected chi connectivity index (χ4v) is 7.58. The van der Waals surface area contributed by atoms with Gasteiger partial charge >= 0.3 is 0 Å². The first-order chi connectivity index (χ1) is 25.1. The third kappa shape index (κ3) is 37.5. The Bertz CT molecular complexity index is 674. The highest BCUT2D eigenvalue weighted by Crippen LogP contribution is 2.17. The van der Waals surface area contributed by atoms with Gasteiger partial charge in [0.15, 0.2) is 0 Å². The average molecular weight is 724 g/mol. The topological polar surface area (TPSA) is 89.8 Å². The number of unbranched alkanes of at least 4 members (excludes halogenated alkanes) is 35. The minimum absolute atomic E-state index is 0.140. The largest absolute Gasteiger partial charge is 0.394 e. The molecule has 0 saturated carbocycles. The van der Waals surface area contributed by atoms with Gasteiger partial charge in [0.2, 0.25) is 5.91 Å². The third-order valence-corrected chi connectivity index (χ3v) is 11.2. The van der Waals surface area contributed by atoms with Crippen molar-refractivity contribution in [1.29, 1.82) is 0 Å². The summed E-state index contributed by atoms with van der Waals surface area (Å²) in [5.74, 6) is -0.140. The molecule has 5 heteroatoms. The highest BCUT2D eigenvalue weighted by molar-refractivity contribution is 5.76. The summed E-state index contributed by atoms with van der Waals surface area (Å²) in [4.78, 5) is 12.4. The molecule has 0 aliphatic rings. The van der Waals surface area contributed by atoms with Crippen LogP contribution < -0.4 is 5.32 Å². The van der Waals surface area contributed by atoms with Crippen LogP contribution in [0.3, 0.4) is 0 Å². The smallest absolute Gasteiger partial charge is 0.220 e. The van der Waals surface area contributed by atoms with E-state index in [1.165, 1.54) is 199 Å². The molecule has 0 aromatic carbocycles. The lowest BCUT2D eigenvalue weighted by molar-refractivity contribution is -0.124. The Balaban J connectivity index is 3.48. The quantitative estimate of drug-likeness (QED) is 0.0472. The van der Waals surface area contributed by atoms with Crippen molar-refractivity contribution in [3.63, 3.8) is 0 Å². The standard InChI is InChI=1S/C46H93NO4/c1-3-5-7-9-11-13-15-16-17-18-19-20-21-22-23-24-25-26-27-28-29-31-33-35-37-39-41-45(50)47-43(42-48)46(51)44(49)40-38-36-34-32-30-14-12-10-8-6-4-2/h43-44,46,48-49,51H,3-42H2,1-2H3,(H,47,50). The number of carbonyl (C=O) groups excluding carboxylic acids is 1. The van der Waals surface area contributed by atoms with Crippen molar-refractivity contribution >= 4 is 5.91 Å². The molecule has 5 nitrogen and oxygen atoms in total. The number of nitrogens with one attached hydrogen (secondary N) is 1. The van der Waals surface area contributed by atoms with Gasteiger partial charge in [-0.3, -0.25) is 4.79 Å². The highest BCUT2D eigenvalue weighted by Gasteiger charge is 2.26. The molecule has 51 heavy (non-hydrogen) atoms. The number of amides is 1. The highest BCUT2D eigenvalue weighted by atomic mass is 16.3. The van der Waals surface area contributed by atoms with Gasteiger partial charge in [0.1, 0.15) is 6.10 Å². The van der Waals surface area contributed by atoms with Crippen LogP contribution in [0.5, 0.6) is 0 Å². The van der Waals surface area contributed by atoms with Crippen LogP contribution in [-0.4, -0.2) is 46.1 Å². The first kappa shape index (κ1) is 50.4. The van der Waals surface area contributed by atoms with Crippen molar-refractivity contribution in [3.8, 4) is 0 Å². The van der Waals surface area contributed by atoms with Crippen LogP contribution >= 0.6 is 0 Å². The van der Waals surface area contributed by atoms with Gasteiger partial charge in [-0.05, 0) is 12.8 Å². The Morgan fingerprint density at radius 1 is 0.412 bits per heavy atom. The van der Waals surface area contributed by atoms with Crippen LogP contribution in [0.4, 0.5) is 0 Å². The van der Waals surface area contributed by atoms with Crippen molar-refractivity contribution in [2.75, 3.05) is 6.61 Å². The maximum absolute atomic E-state index is 12.4. The number of hydrogen-bond acceptors (Lipinski definition) is 4. The van der Waals surface area contributed by atoms with Crippen LogP contribution in [0.1, 0.15) is 264 Å². The SMILES string of the molecule is CCCCCCCCCCCCCCCCCCCCCCCCCCCCC(=O)NC(CO)C(O)C(O)CCCCCCCCCCCCC. The lowest BCUT2D eigenvalue weighted by atomic mass is 9.99. The molecule has 3 unspecified atom stereocenters. The molecular weight excluding hydrogens is 631 g/mol. The summed E-state index contributed by atoms with van der Waals surface area (Å²) in [7, 11) is 0. The van der Waals surface area contributed by atoms with E-state index in [2.05, 4.69) is 19.2 Å². The molecule has 0 aromatic heterocycles. The number of carbonyl (C=O) groups is 1. The fraction of sp³-hybridized carbons (Fsp3) is 0.978. The van der Waals surface area contributed by atoms with Gasteiger partial charge in [0, 0.05) is 6.42 Å². The van der Waals surface area contributed by atoms with Gasteiger partial charge < -0.3 is 20.6 Å². The molecule has 0 saturated heterocycles. The zero-order valence-corrected chi connectivity index (χ0v) is 34.8. The molecule has 0 aromatic rings. The maximum Gasteiger partial charge on any atom is 0.220 e. The second kappa shape index (κ2) is 42.1. The Hall–Kier alpha value is -0.650. The third-order valence-electron chi connectivity index (χ3n) is 11.2. The fourth-order valence-electron chi connectivity index (χ4n) is 7.58. The predicted molar refractivity (Wildman–Crippen MR) is 222 cm³/mol. The first-order valence-electron chi connectivity index (χ1n) is 23.3. The normalized spacial score (nSPS) is 13.4. The van der Waals surface area contributed by atoms with Crippen LogP contribution in [0.25, 0.3) is 0 Å². The maximum atomic E-state index is 12.4. The Kier molecular flexibility index (Phi) is 41.6. The summed E-state index contributed by atoms with van der Waals surface area (Å²) in [5.41, 5.74) is 0. The van der Waals surface area contributed by atoms with E-state index < -0.39 is 18.2 Å². The molecule has 4 N–H and O–H groups in total. The van der Waals surface area contributed by atoms with Crippen molar-refractivity contribution in [3.05, 3.63) is 0 Å².